The monoisotopic (exact) mass is 779 g/mol. The molecule has 0 heterocycles. The topological polar surface area (TPSA) is 78.9 Å². The van der Waals surface area contributed by atoms with Crippen LogP contribution >= 0.6 is 0 Å². The van der Waals surface area contributed by atoms with Crippen molar-refractivity contribution in [1.82, 2.24) is 0 Å². The van der Waals surface area contributed by atoms with Crippen LogP contribution < -0.4 is 0 Å². The molecule has 0 saturated heterocycles. The Bertz CT molecular complexity index is 841. The Labute approximate surface area is 342 Å². The number of carbonyl (C=O) groups excluding carboxylic acids is 3. The summed E-state index contributed by atoms with van der Waals surface area (Å²) in [5.74, 6) is 0.791. The van der Waals surface area contributed by atoms with E-state index in [0.717, 1.165) is 69.6 Å². The smallest absolute Gasteiger partial charge is 0.306 e. The summed E-state index contributed by atoms with van der Waals surface area (Å²) in [6.07, 6.45) is 40.8. The predicted molar refractivity (Wildman–Crippen MR) is 233 cm³/mol. The molecule has 0 spiro atoms. The van der Waals surface area contributed by atoms with Crippen molar-refractivity contribution in [3.8, 4) is 0 Å². The maximum atomic E-state index is 12.7. The van der Waals surface area contributed by atoms with E-state index in [0.29, 0.717) is 19.3 Å². The molecular formula is C49H94O6. The lowest BCUT2D eigenvalue weighted by Gasteiger charge is -2.18. The molecule has 2 atom stereocenters. The number of unbranched alkanes of at least 4 members (excludes halogenated alkanes) is 27. The minimum Gasteiger partial charge on any atom is -0.462 e. The molecule has 0 amide bonds. The summed E-state index contributed by atoms with van der Waals surface area (Å²) >= 11 is 0. The Balaban J connectivity index is 4.32. The second-order valence-electron chi connectivity index (χ2n) is 17.5. The first kappa shape index (κ1) is 53.4. The van der Waals surface area contributed by atoms with Gasteiger partial charge in [-0.05, 0) is 31.1 Å². The van der Waals surface area contributed by atoms with Crippen molar-refractivity contribution in [3.05, 3.63) is 0 Å². The Kier molecular flexibility index (Phi) is 40.8. The average molecular weight is 779 g/mol. The first-order valence-electron chi connectivity index (χ1n) is 24.3. The molecule has 0 aromatic carbocycles. The van der Waals surface area contributed by atoms with Gasteiger partial charge in [0, 0.05) is 19.3 Å². The third-order valence-corrected chi connectivity index (χ3v) is 11.3. The molecule has 0 aromatic rings. The number of esters is 3. The highest BCUT2D eigenvalue weighted by molar-refractivity contribution is 5.71. The molecule has 6 heteroatoms. The molecule has 0 aliphatic carbocycles. The van der Waals surface area contributed by atoms with Gasteiger partial charge in [0.1, 0.15) is 13.2 Å². The Morgan fingerprint density at radius 3 is 1.04 bits per heavy atom. The van der Waals surface area contributed by atoms with Crippen molar-refractivity contribution < 1.29 is 28.6 Å². The molecule has 0 fully saturated rings. The first-order chi connectivity index (χ1) is 26.8. The zero-order valence-corrected chi connectivity index (χ0v) is 37.6. The number of rotatable bonds is 43. The van der Waals surface area contributed by atoms with Gasteiger partial charge in [-0.15, -0.1) is 0 Å². The summed E-state index contributed by atoms with van der Waals surface area (Å²) in [6, 6.07) is 0. The highest BCUT2D eigenvalue weighted by Crippen LogP contribution is 2.17. The fraction of sp³-hybridized carbons (Fsp3) is 0.939. The van der Waals surface area contributed by atoms with Crippen molar-refractivity contribution in [2.75, 3.05) is 13.2 Å². The van der Waals surface area contributed by atoms with Gasteiger partial charge in [0.15, 0.2) is 6.10 Å². The van der Waals surface area contributed by atoms with E-state index in [1.54, 1.807) is 0 Å². The van der Waals surface area contributed by atoms with Crippen LogP contribution in [0.25, 0.3) is 0 Å². The average Bonchev–Trinajstić information content (AvgIpc) is 3.17. The van der Waals surface area contributed by atoms with E-state index < -0.39 is 6.10 Å². The van der Waals surface area contributed by atoms with Crippen LogP contribution in [0.4, 0.5) is 0 Å². The Morgan fingerprint density at radius 2 is 0.691 bits per heavy atom. The molecule has 0 aliphatic rings. The van der Waals surface area contributed by atoms with E-state index in [4.69, 9.17) is 14.2 Å². The maximum absolute atomic E-state index is 12.7. The van der Waals surface area contributed by atoms with Gasteiger partial charge < -0.3 is 14.2 Å². The molecule has 0 aromatic heterocycles. The van der Waals surface area contributed by atoms with Crippen molar-refractivity contribution in [3.63, 3.8) is 0 Å². The highest BCUT2D eigenvalue weighted by Gasteiger charge is 2.19. The largest absolute Gasteiger partial charge is 0.462 e. The van der Waals surface area contributed by atoms with Crippen LogP contribution in [0.1, 0.15) is 266 Å². The van der Waals surface area contributed by atoms with Gasteiger partial charge in [-0.25, -0.2) is 0 Å². The minimum atomic E-state index is -0.761. The summed E-state index contributed by atoms with van der Waals surface area (Å²) in [7, 11) is 0. The number of carbonyl (C=O) groups is 3. The standard InChI is InChI=1S/C49H94O6/c1-6-8-9-10-11-12-13-17-20-23-29-34-39-47(50)53-42-46(43-54-48(51)40-35-30-26-25-28-33-38-45(5)7-2)55-49(52)41-36-31-24-21-18-15-14-16-19-22-27-32-37-44(3)4/h44-46H,6-43H2,1-5H3/t45?,46-/m0/s1. The van der Waals surface area contributed by atoms with Crippen molar-refractivity contribution >= 4 is 17.9 Å². The molecule has 0 rings (SSSR count). The van der Waals surface area contributed by atoms with E-state index in [1.165, 1.54) is 154 Å². The van der Waals surface area contributed by atoms with E-state index in [9.17, 15) is 14.4 Å². The van der Waals surface area contributed by atoms with Crippen LogP contribution in [0.5, 0.6) is 0 Å². The van der Waals surface area contributed by atoms with E-state index in [1.807, 2.05) is 0 Å². The van der Waals surface area contributed by atoms with Crippen LogP contribution in [-0.4, -0.2) is 37.2 Å². The lowest BCUT2D eigenvalue weighted by atomic mass is 10.00. The van der Waals surface area contributed by atoms with Gasteiger partial charge in [0.25, 0.3) is 0 Å². The molecule has 0 bridgehead atoms. The first-order valence-corrected chi connectivity index (χ1v) is 24.3. The fourth-order valence-corrected chi connectivity index (χ4v) is 7.25. The van der Waals surface area contributed by atoms with Crippen LogP contribution in [0.3, 0.4) is 0 Å². The van der Waals surface area contributed by atoms with E-state index in [-0.39, 0.29) is 31.1 Å². The lowest BCUT2D eigenvalue weighted by molar-refractivity contribution is -0.167. The quantitative estimate of drug-likeness (QED) is 0.0348. The van der Waals surface area contributed by atoms with Crippen LogP contribution in [0.2, 0.25) is 0 Å². The predicted octanol–water partition coefficient (Wildman–Crippen LogP) is 15.4. The molecule has 1 unspecified atom stereocenters. The normalized spacial score (nSPS) is 12.5. The van der Waals surface area contributed by atoms with Crippen LogP contribution in [0.15, 0.2) is 0 Å². The number of ether oxygens (including phenoxy) is 3. The number of hydrogen-bond donors (Lipinski definition) is 0. The molecule has 0 radical (unpaired) electrons. The highest BCUT2D eigenvalue weighted by atomic mass is 16.6. The summed E-state index contributed by atoms with van der Waals surface area (Å²) < 4.78 is 16.7. The third kappa shape index (κ3) is 41.9. The molecular weight excluding hydrogens is 685 g/mol. The van der Waals surface area contributed by atoms with Gasteiger partial charge in [-0.2, -0.15) is 0 Å². The molecule has 326 valence electrons. The molecule has 0 saturated carbocycles. The second kappa shape index (κ2) is 42.0. The van der Waals surface area contributed by atoms with Crippen molar-refractivity contribution in [2.24, 2.45) is 11.8 Å². The van der Waals surface area contributed by atoms with Crippen LogP contribution in [0, 0.1) is 11.8 Å². The Morgan fingerprint density at radius 1 is 0.382 bits per heavy atom. The van der Waals surface area contributed by atoms with Crippen molar-refractivity contribution in [2.45, 2.75) is 272 Å². The van der Waals surface area contributed by atoms with Gasteiger partial charge in [-0.1, -0.05) is 227 Å². The van der Waals surface area contributed by atoms with Crippen LogP contribution in [-0.2, 0) is 28.6 Å². The molecule has 55 heavy (non-hydrogen) atoms. The lowest BCUT2D eigenvalue weighted by Crippen LogP contribution is -2.30. The van der Waals surface area contributed by atoms with Gasteiger partial charge in [0.2, 0.25) is 0 Å². The molecule has 0 aliphatic heterocycles. The van der Waals surface area contributed by atoms with E-state index in [2.05, 4.69) is 34.6 Å². The Hall–Kier alpha value is -1.59. The van der Waals surface area contributed by atoms with Crippen molar-refractivity contribution in [1.29, 1.82) is 0 Å². The summed E-state index contributed by atoms with van der Waals surface area (Å²) in [5, 5.41) is 0. The minimum absolute atomic E-state index is 0.0648. The zero-order chi connectivity index (χ0) is 40.5. The third-order valence-electron chi connectivity index (χ3n) is 11.3. The van der Waals surface area contributed by atoms with E-state index >= 15 is 0 Å². The van der Waals surface area contributed by atoms with Gasteiger partial charge >= 0.3 is 17.9 Å². The molecule has 0 N–H and O–H groups in total. The summed E-state index contributed by atoms with van der Waals surface area (Å²) in [5.41, 5.74) is 0. The SMILES string of the molecule is CCCCCCCCCCCCCCC(=O)OC[C@@H](COC(=O)CCCCCCCCC(C)CC)OC(=O)CCCCCCCCCCCCCCC(C)C. The zero-order valence-electron chi connectivity index (χ0n) is 37.6. The fourth-order valence-electron chi connectivity index (χ4n) is 7.25. The van der Waals surface area contributed by atoms with Gasteiger partial charge in [-0.3, -0.25) is 14.4 Å². The van der Waals surface area contributed by atoms with Gasteiger partial charge in [0.05, 0.1) is 0 Å². The number of hydrogen-bond acceptors (Lipinski definition) is 6. The maximum Gasteiger partial charge on any atom is 0.306 e. The second-order valence-corrected chi connectivity index (χ2v) is 17.5. The molecule has 6 nitrogen and oxygen atoms in total. The summed E-state index contributed by atoms with van der Waals surface area (Å²) in [4.78, 5) is 37.8. The summed E-state index contributed by atoms with van der Waals surface area (Å²) in [6.45, 7) is 11.3.